The number of hydrogen-bond donors (Lipinski definition) is 1. The van der Waals surface area contributed by atoms with Crippen molar-refractivity contribution in [1.29, 1.82) is 0 Å². The van der Waals surface area contributed by atoms with Gasteiger partial charge in [0.1, 0.15) is 0 Å². The molecule has 3 nitrogen and oxygen atoms in total. The number of alkyl halides is 3. The van der Waals surface area contributed by atoms with Crippen LogP contribution >= 0.6 is 0 Å². The lowest BCUT2D eigenvalue weighted by atomic mass is 9.96. The van der Waals surface area contributed by atoms with Crippen molar-refractivity contribution in [3.8, 4) is 0 Å². The highest BCUT2D eigenvalue weighted by Crippen LogP contribution is 2.42. The Morgan fingerprint density at radius 3 is 2.30 bits per heavy atom. The summed E-state index contributed by atoms with van der Waals surface area (Å²) in [5.74, 6) is -0.385. The minimum atomic E-state index is -4.47. The standard InChI is InChI=1S/C17H23F3N2O/c1-4-5-6-12-7-9-13(10-8-12)15(17(18,19)20)22-16(2,3)11-14(23)21-22/h7-10,15H,4-6,11H2,1-3H3,(H,21,23)/t15-/m0/s1. The van der Waals surface area contributed by atoms with Gasteiger partial charge in [0, 0.05) is 12.0 Å². The van der Waals surface area contributed by atoms with Crippen LogP contribution in [0.1, 0.15) is 57.2 Å². The van der Waals surface area contributed by atoms with Gasteiger partial charge >= 0.3 is 6.18 Å². The monoisotopic (exact) mass is 328 g/mol. The molecular formula is C17H23F3N2O. The maximum atomic E-state index is 13.6. The maximum Gasteiger partial charge on any atom is 0.409 e. The molecule has 0 spiro atoms. The van der Waals surface area contributed by atoms with Gasteiger partial charge < -0.3 is 0 Å². The predicted octanol–water partition coefficient (Wildman–Crippen LogP) is 4.15. The molecule has 1 atom stereocenters. The molecule has 0 aromatic heterocycles. The number of nitrogens with zero attached hydrogens (tertiary/aromatic N) is 1. The van der Waals surface area contributed by atoms with E-state index in [0.717, 1.165) is 29.8 Å². The van der Waals surface area contributed by atoms with Crippen LogP contribution in [0.5, 0.6) is 0 Å². The topological polar surface area (TPSA) is 32.3 Å². The van der Waals surface area contributed by atoms with E-state index in [0.29, 0.717) is 0 Å². The van der Waals surface area contributed by atoms with Crippen LogP contribution in [-0.2, 0) is 11.2 Å². The molecule has 1 aliphatic heterocycles. The first-order chi connectivity index (χ1) is 10.6. The first-order valence-corrected chi connectivity index (χ1v) is 7.89. The number of benzene rings is 1. The number of nitrogens with one attached hydrogen (secondary N) is 1. The van der Waals surface area contributed by atoms with E-state index in [9.17, 15) is 18.0 Å². The molecule has 1 aromatic rings. The van der Waals surface area contributed by atoms with E-state index in [1.165, 1.54) is 12.1 Å². The van der Waals surface area contributed by atoms with Gasteiger partial charge in [-0.2, -0.15) is 18.2 Å². The van der Waals surface area contributed by atoms with E-state index in [-0.39, 0.29) is 17.9 Å². The van der Waals surface area contributed by atoms with Gasteiger partial charge in [-0.05, 0) is 37.8 Å². The summed E-state index contributed by atoms with van der Waals surface area (Å²) in [6.45, 7) is 5.35. The van der Waals surface area contributed by atoms with Crippen LogP contribution in [0.3, 0.4) is 0 Å². The second kappa shape index (κ2) is 6.51. The van der Waals surface area contributed by atoms with Crippen LogP contribution in [0.25, 0.3) is 0 Å². The molecule has 128 valence electrons. The summed E-state index contributed by atoms with van der Waals surface area (Å²) in [6, 6.07) is 4.68. The summed E-state index contributed by atoms with van der Waals surface area (Å²) in [4.78, 5) is 11.6. The van der Waals surface area contributed by atoms with Crippen LogP contribution in [0.4, 0.5) is 13.2 Å². The van der Waals surface area contributed by atoms with Crippen molar-refractivity contribution in [2.24, 2.45) is 0 Å². The van der Waals surface area contributed by atoms with E-state index in [1.54, 1.807) is 26.0 Å². The molecule has 6 heteroatoms. The molecule has 1 heterocycles. The number of aryl methyl sites for hydroxylation is 1. The lowest BCUT2D eigenvalue weighted by Gasteiger charge is -2.38. The largest absolute Gasteiger partial charge is 0.409 e. The average Bonchev–Trinajstić information content (AvgIpc) is 2.69. The summed E-state index contributed by atoms with van der Waals surface area (Å²) in [7, 11) is 0. The Labute approximate surface area is 134 Å². The average molecular weight is 328 g/mol. The smallest absolute Gasteiger partial charge is 0.287 e. The highest BCUT2D eigenvalue weighted by molar-refractivity contribution is 5.79. The van der Waals surface area contributed by atoms with Gasteiger partial charge in [0.15, 0.2) is 6.04 Å². The third-order valence-corrected chi connectivity index (χ3v) is 4.17. The van der Waals surface area contributed by atoms with E-state index >= 15 is 0 Å². The van der Waals surface area contributed by atoms with Crippen molar-refractivity contribution in [3.05, 3.63) is 35.4 Å². The van der Waals surface area contributed by atoms with Gasteiger partial charge in [0.05, 0.1) is 0 Å². The second-order valence-electron chi connectivity index (χ2n) is 6.68. The second-order valence-corrected chi connectivity index (χ2v) is 6.68. The van der Waals surface area contributed by atoms with Crippen molar-refractivity contribution < 1.29 is 18.0 Å². The highest BCUT2D eigenvalue weighted by atomic mass is 19.4. The number of unbranched alkanes of at least 4 members (excludes halogenated alkanes) is 1. The summed E-state index contributed by atoms with van der Waals surface area (Å²) in [5.41, 5.74) is 2.66. The fourth-order valence-corrected chi connectivity index (χ4v) is 2.95. The fourth-order valence-electron chi connectivity index (χ4n) is 2.95. The summed E-state index contributed by atoms with van der Waals surface area (Å²) in [6.07, 6.45) is -1.51. The lowest BCUT2D eigenvalue weighted by molar-refractivity contribution is -0.203. The number of halogens is 3. The molecule has 1 amide bonds. The van der Waals surface area contributed by atoms with Gasteiger partial charge in [0.2, 0.25) is 5.91 Å². The van der Waals surface area contributed by atoms with Crippen LogP contribution < -0.4 is 5.43 Å². The van der Waals surface area contributed by atoms with Crippen LogP contribution in [-0.4, -0.2) is 22.6 Å². The normalized spacial score (nSPS) is 19.7. The summed E-state index contributed by atoms with van der Waals surface area (Å²) < 4.78 is 40.9. The zero-order valence-electron chi connectivity index (χ0n) is 13.7. The Hall–Kier alpha value is -1.56. The van der Waals surface area contributed by atoms with Gasteiger partial charge in [-0.1, -0.05) is 37.6 Å². The third-order valence-electron chi connectivity index (χ3n) is 4.17. The Morgan fingerprint density at radius 2 is 1.87 bits per heavy atom. The van der Waals surface area contributed by atoms with Crippen molar-refractivity contribution in [2.75, 3.05) is 0 Å². The Morgan fingerprint density at radius 1 is 1.26 bits per heavy atom. The van der Waals surface area contributed by atoms with Crippen molar-refractivity contribution in [2.45, 2.75) is 64.2 Å². The van der Waals surface area contributed by atoms with Crippen LogP contribution in [0, 0.1) is 0 Å². The van der Waals surface area contributed by atoms with Gasteiger partial charge in [-0.3, -0.25) is 10.2 Å². The summed E-state index contributed by atoms with van der Waals surface area (Å²) in [5, 5.41) is 1.04. The Kier molecular flexibility index (Phi) is 5.04. The number of amides is 1. The van der Waals surface area contributed by atoms with E-state index in [1.807, 2.05) is 0 Å². The van der Waals surface area contributed by atoms with Crippen molar-refractivity contribution >= 4 is 5.91 Å². The molecule has 0 radical (unpaired) electrons. The molecule has 0 bridgehead atoms. The third kappa shape index (κ3) is 4.05. The van der Waals surface area contributed by atoms with Crippen LogP contribution in [0.2, 0.25) is 0 Å². The number of hydrazine groups is 1. The number of hydrogen-bond acceptors (Lipinski definition) is 2. The highest BCUT2D eigenvalue weighted by Gasteiger charge is 2.52. The van der Waals surface area contributed by atoms with Gasteiger partial charge in [-0.25, -0.2) is 0 Å². The molecule has 2 rings (SSSR count). The van der Waals surface area contributed by atoms with Gasteiger partial charge in [-0.15, -0.1) is 0 Å². The molecule has 0 saturated carbocycles. The maximum absolute atomic E-state index is 13.6. The Bertz CT molecular complexity index is 552. The predicted molar refractivity (Wildman–Crippen MR) is 82.5 cm³/mol. The number of carbonyl (C=O) groups excluding carboxylic acids is 1. The molecule has 23 heavy (non-hydrogen) atoms. The molecular weight excluding hydrogens is 305 g/mol. The molecule has 1 saturated heterocycles. The molecule has 1 N–H and O–H groups in total. The minimum absolute atomic E-state index is 0.0498. The van der Waals surface area contributed by atoms with Crippen molar-refractivity contribution in [3.63, 3.8) is 0 Å². The molecule has 1 fully saturated rings. The minimum Gasteiger partial charge on any atom is -0.287 e. The molecule has 0 unspecified atom stereocenters. The first-order valence-electron chi connectivity index (χ1n) is 7.89. The van der Waals surface area contributed by atoms with E-state index in [4.69, 9.17) is 0 Å². The summed E-state index contributed by atoms with van der Waals surface area (Å²) >= 11 is 0. The number of carbonyl (C=O) groups is 1. The first kappa shape index (κ1) is 17.8. The zero-order valence-corrected chi connectivity index (χ0v) is 13.7. The SMILES string of the molecule is CCCCc1ccc([C@H](N2NC(=O)CC2(C)C)C(F)(F)F)cc1. The van der Waals surface area contributed by atoms with Gasteiger partial charge in [0.25, 0.3) is 0 Å². The number of rotatable bonds is 5. The lowest BCUT2D eigenvalue weighted by Crippen LogP contribution is -2.51. The van der Waals surface area contributed by atoms with Crippen LogP contribution in [0.15, 0.2) is 24.3 Å². The molecule has 1 aromatic carbocycles. The Balaban J connectivity index is 2.31. The molecule has 0 aliphatic carbocycles. The van der Waals surface area contributed by atoms with Crippen molar-refractivity contribution in [1.82, 2.24) is 10.4 Å². The van der Waals surface area contributed by atoms with E-state index < -0.39 is 17.8 Å². The molecule has 1 aliphatic rings. The quantitative estimate of drug-likeness (QED) is 0.881. The fraction of sp³-hybridized carbons (Fsp3) is 0.588. The zero-order chi connectivity index (χ0) is 17.3. The van der Waals surface area contributed by atoms with E-state index in [2.05, 4.69) is 12.3 Å².